The van der Waals surface area contributed by atoms with Crippen LogP contribution in [-0.4, -0.2) is 57.3 Å². The van der Waals surface area contributed by atoms with Gasteiger partial charge in [-0.1, -0.05) is 127 Å². The molecule has 4 unspecified atom stereocenters. The quantitative estimate of drug-likeness (QED) is 0.0360. The lowest BCUT2D eigenvalue weighted by atomic mass is 10.00. The molecule has 0 saturated heterocycles. The summed E-state index contributed by atoms with van der Waals surface area (Å²) in [7, 11) is 0. The Balaban J connectivity index is 3.92. The van der Waals surface area contributed by atoms with Gasteiger partial charge < -0.3 is 25.7 Å². The molecule has 0 saturated carbocycles. The number of allylic oxidation sites excluding steroid dienone is 8. The number of hydrogen-bond acceptors (Lipinski definition) is 5. The number of aliphatic hydroxyl groups excluding tert-OH is 4. The molecule has 5 N–H and O–H groups in total. The van der Waals surface area contributed by atoms with Crippen LogP contribution in [-0.2, 0) is 4.79 Å². The van der Waals surface area contributed by atoms with Crippen LogP contribution in [0.5, 0.6) is 0 Å². The van der Waals surface area contributed by atoms with E-state index in [1.54, 1.807) is 0 Å². The highest BCUT2D eigenvalue weighted by Gasteiger charge is 2.28. The van der Waals surface area contributed by atoms with Crippen molar-refractivity contribution >= 4 is 5.91 Å². The predicted molar refractivity (Wildman–Crippen MR) is 196 cm³/mol. The molecule has 4 atom stereocenters. The molecule has 0 aromatic heterocycles. The van der Waals surface area contributed by atoms with Crippen molar-refractivity contribution in [2.75, 3.05) is 6.61 Å². The van der Waals surface area contributed by atoms with Gasteiger partial charge in [0.25, 0.3) is 0 Å². The van der Waals surface area contributed by atoms with Gasteiger partial charge in [-0.25, -0.2) is 0 Å². The molecule has 0 spiro atoms. The van der Waals surface area contributed by atoms with Crippen molar-refractivity contribution in [1.29, 1.82) is 0 Å². The standard InChI is InChI=1S/C40H73NO5/c1-3-5-7-9-11-13-15-16-17-18-19-20-21-22-24-25-27-29-31-33-37(43)39(45)36(35-42)41-40(46)38(44)34-32-30-28-26-23-14-12-10-8-6-4-2/h12,14,16-17,20-21,25,27,36-39,42-45H,3-11,13,15,18-19,22-24,26,28-35H2,1-2H3,(H,41,46)/b14-12-,17-16+,21-20+,27-25+. The van der Waals surface area contributed by atoms with E-state index in [0.29, 0.717) is 19.3 Å². The van der Waals surface area contributed by atoms with Crippen LogP contribution in [0.4, 0.5) is 0 Å². The summed E-state index contributed by atoms with van der Waals surface area (Å²) in [6.45, 7) is 3.96. The maximum atomic E-state index is 12.4. The Bertz CT molecular complexity index is 778. The highest BCUT2D eigenvalue weighted by atomic mass is 16.3. The molecular formula is C40H73NO5. The first-order valence-corrected chi connectivity index (χ1v) is 19.0. The minimum absolute atomic E-state index is 0.342. The van der Waals surface area contributed by atoms with Gasteiger partial charge in [0, 0.05) is 0 Å². The van der Waals surface area contributed by atoms with Crippen molar-refractivity contribution in [3.05, 3.63) is 48.6 Å². The van der Waals surface area contributed by atoms with E-state index in [1.807, 2.05) is 0 Å². The van der Waals surface area contributed by atoms with Crippen LogP contribution in [0, 0.1) is 0 Å². The maximum Gasteiger partial charge on any atom is 0.249 e. The SMILES string of the molecule is CCCCC/C=C\CCCCCCC(O)C(=O)NC(CO)C(O)C(O)CCC/C=C/CC/C=C/CC/C=C/CCCCCCCC. The topological polar surface area (TPSA) is 110 Å². The van der Waals surface area contributed by atoms with E-state index >= 15 is 0 Å². The fourth-order valence-corrected chi connectivity index (χ4v) is 5.37. The summed E-state index contributed by atoms with van der Waals surface area (Å²) in [5, 5.41) is 43.4. The van der Waals surface area contributed by atoms with Crippen molar-refractivity contribution in [3.63, 3.8) is 0 Å². The Morgan fingerprint density at radius 3 is 1.41 bits per heavy atom. The van der Waals surface area contributed by atoms with Gasteiger partial charge in [-0.2, -0.15) is 0 Å². The molecule has 0 aliphatic rings. The second-order valence-corrected chi connectivity index (χ2v) is 12.9. The largest absolute Gasteiger partial charge is 0.394 e. The van der Waals surface area contributed by atoms with Gasteiger partial charge in [0.2, 0.25) is 5.91 Å². The molecule has 0 radical (unpaired) electrons. The lowest BCUT2D eigenvalue weighted by molar-refractivity contribution is -0.132. The highest BCUT2D eigenvalue weighted by Crippen LogP contribution is 2.12. The van der Waals surface area contributed by atoms with E-state index in [-0.39, 0.29) is 0 Å². The first-order valence-electron chi connectivity index (χ1n) is 19.0. The average Bonchev–Trinajstić information content (AvgIpc) is 3.06. The van der Waals surface area contributed by atoms with Gasteiger partial charge >= 0.3 is 0 Å². The first-order chi connectivity index (χ1) is 22.5. The Labute approximate surface area is 283 Å². The van der Waals surface area contributed by atoms with E-state index in [0.717, 1.165) is 70.6 Å². The molecule has 0 heterocycles. The summed E-state index contributed by atoms with van der Waals surface area (Å²) in [6, 6.07) is -1.01. The number of rotatable bonds is 33. The van der Waals surface area contributed by atoms with E-state index < -0.39 is 36.9 Å². The summed E-state index contributed by atoms with van der Waals surface area (Å²) in [6.07, 6.45) is 39.9. The second-order valence-electron chi connectivity index (χ2n) is 12.9. The molecule has 6 heteroatoms. The molecule has 268 valence electrons. The normalized spacial score (nSPS) is 15.0. The molecule has 46 heavy (non-hydrogen) atoms. The Morgan fingerprint density at radius 1 is 0.522 bits per heavy atom. The molecule has 0 rings (SSSR count). The maximum absolute atomic E-state index is 12.4. The molecule has 6 nitrogen and oxygen atoms in total. The van der Waals surface area contributed by atoms with Gasteiger partial charge in [0.1, 0.15) is 12.2 Å². The number of unbranched alkanes of at least 4 members (excludes halogenated alkanes) is 16. The summed E-state index contributed by atoms with van der Waals surface area (Å²) >= 11 is 0. The third-order valence-corrected chi connectivity index (χ3v) is 8.47. The van der Waals surface area contributed by atoms with Crippen LogP contribution in [0.1, 0.15) is 168 Å². The summed E-state index contributed by atoms with van der Waals surface area (Å²) < 4.78 is 0. The Kier molecular flexibility index (Phi) is 33.3. The van der Waals surface area contributed by atoms with Crippen LogP contribution in [0.3, 0.4) is 0 Å². The molecule has 1 amide bonds. The van der Waals surface area contributed by atoms with Gasteiger partial charge in [0.15, 0.2) is 0 Å². The van der Waals surface area contributed by atoms with Crippen LogP contribution in [0.2, 0.25) is 0 Å². The number of amides is 1. The van der Waals surface area contributed by atoms with Crippen molar-refractivity contribution in [3.8, 4) is 0 Å². The molecule has 0 aromatic rings. The molecule has 0 fully saturated rings. The number of carbonyl (C=O) groups excluding carboxylic acids is 1. The number of nitrogens with one attached hydrogen (secondary N) is 1. The highest BCUT2D eigenvalue weighted by molar-refractivity contribution is 5.80. The van der Waals surface area contributed by atoms with Gasteiger partial charge in [-0.05, 0) is 89.9 Å². The third-order valence-electron chi connectivity index (χ3n) is 8.47. The number of carbonyl (C=O) groups is 1. The van der Waals surface area contributed by atoms with Crippen molar-refractivity contribution in [2.45, 2.75) is 192 Å². The zero-order chi connectivity index (χ0) is 33.9. The van der Waals surface area contributed by atoms with Gasteiger partial charge in [-0.15, -0.1) is 0 Å². The van der Waals surface area contributed by atoms with Crippen LogP contribution in [0.25, 0.3) is 0 Å². The minimum atomic E-state index is -1.30. The van der Waals surface area contributed by atoms with E-state index in [9.17, 15) is 25.2 Å². The van der Waals surface area contributed by atoms with Gasteiger partial charge in [0.05, 0.1) is 18.8 Å². The predicted octanol–water partition coefficient (Wildman–Crippen LogP) is 9.17. The lowest BCUT2D eigenvalue weighted by Crippen LogP contribution is -2.53. The van der Waals surface area contributed by atoms with Crippen molar-refractivity contribution < 1.29 is 25.2 Å². The van der Waals surface area contributed by atoms with Crippen molar-refractivity contribution in [1.82, 2.24) is 5.32 Å². The number of hydrogen-bond donors (Lipinski definition) is 5. The Hall–Kier alpha value is -1.73. The summed E-state index contributed by atoms with van der Waals surface area (Å²) in [5.74, 6) is -0.614. The first kappa shape index (κ1) is 44.3. The fourth-order valence-electron chi connectivity index (χ4n) is 5.37. The molecule has 0 aromatic carbocycles. The van der Waals surface area contributed by atoms with Crippen LogP contribution >= 0.6 is 0 Å². The average molecular weight is 648 g/mol. The van der Waals surface area contributed by atoms with E-state index in [1.165, 1.54) is 64.2 Å². The molecule has 0 aliphatic carbocycles. The molecular weight excluding hydrogens is 574 g/mol. The third kappa shape index (κ3) is 28.5. The Morgan fingerprint density at radius 2 is 0.913 bits per heavy atom. The molecule has 0 bridgehead atoms. The number of aliphatic hydroxyl groups is 4. The van der Waals surface area contributed by atoms with E-state index in [4.69, 9.17) is 0 Å². The summed E-state index contributed by atoms with van der Waals surface area (Å²) in [4.78, 5) is 12.4. The lowest BCUT2D eigenvalue weighted by Gasteiger charge is -2.27. The monoisotopic (exact) mass is 648 g/mol. The summed E-state index contributed by atoms with van der Waals surface area (Å²) in [5.41, 5.74) is 0. The fraction of sp³-hybridized carbons (Fsp3) is 0.775. The van der Waals surface area contributed by atoms with Crippen LogP contribution in [0.15, 0.2) is 48.6 Å². The van der Waals surface area contributed by atoms with Gasteiger partial charge in [-0.3, -0.25) is 4.79 Å². The van der Waals surface area contributed by atoms with Crippen LogP contribution < -0.4 is 5.32 Å². The minimum Gasteiger partial charge on any atom is -0.394 e. The zero-order valence-electron chi connectivity index (χ0n) is 29.8. The second kappa shape index (κ2) is 34.6. The van der Waals surface area contributed by atoms with Crippen molar-refractivity contribution in [2.24, 2.45) is 0 Å². The smallest absolute Gasteiger partial charge is 0.249 e. The molecule has 0 aliphatic heterocycles. The zero-order valence-corrected chi connectivity index (χ0v) is 29.8. The van der Waals surface area contributed by atoms with E-state index in [2.05, 4.69) is 67.8 Å².